The van der Waals surface area contributed by atoms with Crippen molar-refractivity contribution in [1.82, 2.24) is 9.88 Å². The van der Waals surface area contributed by atoms with Gasteiger partial charge < -0.3 is 20.0 Å². The molecule has 0 saturated heterocycles. The first-order valence-corrected chi connectivity index (χ1v) is 9.76. The summed E-state index contributed by atoms with van der Waals surface area (Å²) in [4.78, 5) is 32.9. The smallest absolute Gasteiger partial charge is 0.322 e. The third kappa shape index (κ3) is 4.61. The molecule has 0 aliphatic rings. The molecule has 154 valence electrons. The standard InChI is InChI=1S/C22H20ClFN4O2/c1-14(18-13-26-21(29)17-7-4-3-6-16(17)18)28(11-5-10-25-2)22(30)27-15-8-9-20(24)19(23)12-15/h3-4,6-9,12-14H,5,10-11H2,1H3,(H,26,29)(H,27,30). The van der Waals surface area contributed by atoms with E-state index < -0.39 is 17.9 Å². The van der Waals surface area contributed by atoms with Crippen LogP contribution in [0.5, 0.6) is 0 Å². The molecule has 30 heavy (non-hydrogen) atoms. The molecule has 6 nitrogen and oxygen atoms in total. The summed E-state index contributed by atoms with van der Waals surface area (Å²) in [6, 6.07) is 10.3. The summed E-state index contributed by atoms with van der Waals surface area (Å²) in [5.41, 5.74) is 0.937. The number of anilines is 1. The summed E-state index contributed by atoms with van der Waals surface area (Å²) < 4.78 is 13.4. The molecule has 1 aromatic heterocycles. The largest absolute Gasteiger partial charge is 0.328 e. The fourth-order valence-corrected chi connectivity index (χ4v) is 3.49. The fraction of sp³-hybridized carbons (Fsp3) is 0.227. The van der Waals surface area contributed by atoms with Crippen molar-refractivity contribution in [2.45, 2.75) is 19.4 Å². The number of nitrogens with one attached hydrogen (secondary N) is 2. The number of carbonyl (C=O) groups excluding carboxylic acids is 1. The van der Waals surface area contributed by atoms with Crippen molar-refractivity contribution in [2.75, 3.05) is 18.4 Å². The van der Waals surface area contributed by atoms with Crippen molar-refractivity contribution in [2.24, 2.45) is 0 Å². The normalized spacial score (nSPS) is 11.7. The lowest BCUT2D eigenvalue weighted by atomic mass is 10.0. The number of H-pyrrole nitrogens is 1. The molecule has 1 atom stereocenters. The first kappa shape index (κ1) is 21.3. The Morgan fingerprint density at radius 3 is 2.73 bits per heavy atom. The Kier molecular flexibility index (Phi) is 6.70. The minimum Gasteiger partial charge on any atom is -0.328 e. The SMILES string of the molecule is [C-]#[N+]CCCN(C(=O)Nc1ccc(F)c(Cl)c1)C(C)c1c[nH]c(=O)c2ccccc12. The van der Waals surface area contributed by atoms with Crippen LogP contribution in [0.15, 0.2) is 53.5 Å². The maximum absolute atomic E-state index is 13.4. The second kappa shape index (κ2) is 9.42. The average molecular weight is 427 g/mol. The van der Waals surface area contributed by atoms with Crippen LogP contribution in [-0.4, -0.2) is 29.0 Å². The van der Waals surface area contributed by atoms with E-state index in [9.17, 15) is 14.0 Å². The number of aromatic nitrogens is 1. The lowest BCUT2D eigenvalue weighted by Crippen LogP contribution is -2.38. The van der Waals surface area contributed by atoms with Crippen molar-refractivity contribution < 1.29 is 9.18 Å². The van der Waals surface area contributed by atoms with Crippen LogP contribution >= 0.6 is 11.6 Å². The number of carbonyl (C=O) groups is 1. The zero-order chi connectivity index (χ0) is 21.7. The predicted molar refractivity (Wildman–Crippen MR) is 116 cm³/mol. The second-order valence-electron chi connectivity index (χ2n) is 6.78. The number of hydrogen-bond acceptors (Lipinski definition) is 2. The zero-order valence-electron chi connectivity index (χ0n) is 16.3. The molecule has 2 N–H and O–H groups in total. The topological polar surface area (TPSA) is 69.6 Å². The lowest BCUT2D eigenvalue weighted by molar-refractivity contribution is 0.193. The second-order valence-corrected chi connectivity index (χ2v) is 7.19. The molecule has 0 saturated carbocycles. The molecule has 1 unspecified atom stereocenters. The summed E-state index contributed by atoms with van der Waals surface area (Å²) >= 11 is 5.81. The van der Waals surface area contributed by atoms with Crippen molar-refractivity contribution in [3.8, 4) is 0 Å². The Hall–Kier alpha value is -3.37. The van der Waals surface area contributed by atoms with Crippen LogP contribution in [0, 0.1) is 12.4 Å². The number of urea groups is 1. The highest BCUT2D eigenvalue weighted by Crippen LogP contribution is 2.27. The van der Waals surface area contributed by atoms with E-state index in [0.29, 0.717) is 24.0 Å². The zero-order valence-corrected chi connectivity index (χ0v) is 17.0. The van der Waals surface area contributed by atoms with Gasteiger partial charge in [0.1, 0.15) is 5.82 Å². The van der Waals surface area contributed by atoms with E-state index in [1.165, 1.54) is 18.2 Å². The van der Waals surface area contributed by atoms with Crippen molar-refractivity contribution in [3.05, 3.63) is 86.8 Å². The molecule has 0 bridgehead atoms. The molecular formula is C22H20ClFN4O2. The summed E-state index contributed by atoms with van der Waals surface area (Å²) in [6.07, 6.45) is 2.10. The van der Waals surface area contributed by atoms with E-state index in [1.54, 1.807) is 23.2 Å². The molecule has 2 amide bonds. The van der Waals surface area contributed by atoms with Gasteiger partial charge in [0, 0.05) is 30.2 Å². The minimum atomic E-state index is -0.573. The minimum absolute atomic E-state index is 0.0907. The first-order valence-electron chi connectivity index (χ1n) is 9.38. The molecule has 1 heterocycles. The van der Waals surface area contributed by atoms with Gasteiger partial charge in [-0.3, -0.25) is 4.79 Å². The first-order chi connectivity index (χ1) is 14.4. The Bertz CT molecular complexity index is 1170. The van der Waals surface area contributed by atoms with E-state index >= 15 is 0 Å². The number of fused-ring (bicyclic) bond motifs is 1. The van der Waals surface area contributed by atoms with E-state index in [4.69, 9.17) is 18.2 Å². The molecule has 8 heteroatoms. The number of nitrogens with zero attached hydrogens (tertiary/aromatic N) is 2. The lowest BCUT2D eigenvalue weighted by Gasteiger charge is -2.30. The summed E-state index contributed by atoms with van der Waals surface area (Å²) in [6.45, 7) is 9.47. The van der Waals surface area contributed by atoms with Gasteiger partial charge in [-0.05, 0) is 42.1 Å². The number of rotatable bonds is 6. The van der Waals surface area contributed by atoms with E-state index in [1.807, 2.05) is 19.1 Å². The van der Waals surface area contributed by atoms with Gasteiger partial charge in [0.15, 0.2) is 0 Å². The number of halogens is 2. The quantitative estimate of drug-likeness (QED) is 0.419. The maximum Gasteiger partial charge on any atom is 0.322 e. The van der Waals surface area contributed by atoms with Gasteiger partial charge in [0.05, 0.1) is 11.1 Å². The number of pyridine rings is 1. The molecule has 0 aliphatic carbocycles. The van der Waals surface area contributed by atoms with Gasteiger partial charge in [-0.2, -0.15) is 0 Å². The van der Waals surface area contributed by atoms with Crippen LogP contribution in [0.1, 0.15) is 24.9 Å². The van der Waals surface area contributed by atoms with Gasteiger partial charge in [0.2, 0.25) is 6.54 Å². The van der Waals surface area contributed by atoms with Crippen LogP contribution in [0.2, 0.25) is 5.02 Å². The molecule has 0 aliphatic heterocycles. The van der Waals surface area contributed by atoms with Crippen molar-refractivity contribution >= 4 is 34.1 Å². The molecular weight excluding hydrogens is 407 g/mol. The van der Waals surface area contributed by atoms with Crippen LogP contribution in [0.4, 0.5) is 14.9 Å². The van der Waals surface area contributed by atoms with Crippen LogP contribution in [0.3, 0.4) is 0 Å². The number of benzene rings is 2. The summed E-state index contributed by atoms with van der Waals surface area (Å²) in [7, 11) is 0. The molecule has 3 aromatic rings. The monoisotopic (exact) mass is 426 g/mol. The molecule has 0 spiro atoms. The molecule has 3 rings (SSSR count). The van der Waals surface area contributed by atoms with E-state index in [-0.39, 0.29) is 17.1 Å². The van der Waals surface area contributed by atoms with Gasteiger partial charge in [-0.1, -0.05) is 29.8 Å². The molecule has 0 radical (unpaired) electrons. The Morgan fingerprint density at radius 2 is 2.03 bits per heavy atom. The van der Waals surface area contributed by atoms with Gasteiger partial charge in [-0.25, -0.2) is 15.8 Å². The third-order valence-corrected chi connectivity index (χ3v) is 5.15. The third-order valence-electron chi connectivity index (χ3n) is 4.86. The number of amides is 2. The highest BCUT2D eigenvalue weighted by molar-refractivity contribution is 6.31. The van der Waals surface area contributed by atoms with Gasteiger partial charge >= 0.3 is 6.03 Å². The highest BCUT2D eigenvalue weighted by atomic mass is 35.5. The number of hydrogen-bond donors (Lipinski definition) is 2. The average Bonchev–Trinajstić information content (AvgIpc) is 2.74. The van der Waals surface area contributed by atoms with Crippen molar-refractivity contribution in [3.63, 3.8) is 0 Å². The van der Waals surface area contributed by atoms with Crippen LogP contribution < -0.4 is 10.9 Å². The Labute approximate surface area is 178 Å². The van der Waals surface area contributed by atoms with Gasteiger partial charge in [0.25, 0.3) is 5.56 Å². The Balaban J connectivity index is 1.94. The van der Waals surface area contributed by atoms with Crippen LogP contribution in [-0.2, 0) is 0 Å². The summed E-state index contributed by atoms with van der Waals surface area (Å²) in [5.74, 6) is -0.573. The predicted octanol–water partition coefficient (Wildman–Crippen LogP) is 5.23. The Morgan fingerprint density at radius 1 is 1.30 bits per heavy atom. The molecule has 0 fully saturated rings. The van der Waals surface area contributed by atoms with E-state index in [2.05, 4.69) is 15.1 Å². The summed E-state index contributed by atoms with van der Waals surface area (Å²) in [5, 5.41) is 3.93. The maximum atomic E-state index is 13.4. The van der Waals surface area contributed by atoms with E-state index in [0.717, 1.165) is 10.9 Å². The fourth-order valence-electron chi connectivity index (χ4n) is 3.31. The van der Waals surface area contributed by atoms with Crippen LogP contribution in [0.25, 0.3) is 15.6 Å². The number of aromatic amines is 1. The van der Waals surface area contributed by atoms with Gasteiger partial charge in [-0.15, -0.1) is 0 Å². The van der Waals surface area contributed by atoms with Crippen molar-refractivity contribution in [1.29, 1.82) is 0 Å². The highest BCUT2D eigenvalue weighted by Gasteiger charge is 2.24. The molecule has 2 aromatic carbocycles.